The van der Waals surface area contributed by atoms with Gasteiger partial charge < -0.3 is 10.4 Å². The molecule has 0 atom stereocenters. The van der Waals surface area contributed by atoms with Crippen LogP contribution >= 0.6 is 11.3 Å². The van der Waals surface area contributed by atoms with Crippen LogP contribution in [0.25, 0.3) is 0 Å². The van der Waals surface area contributed by atoms with E-state index in [1.807, 2.05) is 0 Å². The average molecular weight is 285 g/mol. The molecular formula is C11H15N3O4S. The van der Waals surface area contributed by atoms with Gasteiger partial charge in [-0.3, -0.25) is 14.9 Å². The first-order valence-corrected chi connectivity index (χ1v) is 6.93. The monoisotopic (exact) mass is 285 g/mol. The standard InChI is InChI=1S/C11H15N3O4S/c15-9(16)11(4-2-1-3-5-11)7-13-10-12-6-8(19-10)14(17)18/h6H,1-5,7H2,(H,12,13)(H,15,16). The van der Waals surface area contributed by atoms with Crippen LogP contribution in [0.4, 0.5) is 10.1 Å². The Bertz CT molecular complexity index is 482. The number of thiazole rings is 1. The summed E-state index contributed by atoms with van der Waals surface area (Å²) in [5.74, 6) is -0.800. The second kappa shape index (κ2) is 5.52. The molecule has 1 saturated carbocycles. The molecule has 7 nitrogen and oxygen atoms in total. The van der Waals surface area contributed by atoms with Crippen molar-refractivity contribution in [2.75, 3.05) is 11.9 Å². The van der Waals surface area contributed by atoms with Gasteiger partial charge in [-0.2, -0.15) is 0 Å². The molecular weight excluding hydrogens is 270 g/mol. The lowest BCUT2D eigenvalue weighted by atomic mass is 9.74. The lowest BCUT2D eigenvalue weighted by Gasteiger charge is -2.33. The van der Waals surface area contributed by atoms with E-state index in [-0.39, 0.29) is 11.5 Å². The lowest BCUT2D eigenvalue weighted by molar-refractivity contribution is -0.380. The van der Waals surface area contributed by atoms with E-state index in [0.29, 0.717) is 18.0 Å². The first-order chi connectivity index (χ1) is 9.03. The molecule has 1 aliphatic rings. The highest BCUT2D eigenvalue weighted by molar-refractivity contribution is 7.18. The van der Waals surface area contributed by atoms with Crippen molar-refractivity contribution in [3.8, 4) is 0 Å². The molecule has 1 aromatic rings. The van der Waals surface area contributed by atoms with Crippen molar-refractivity contribution in [3.05, 3.63) is 16.3 Å². The predicted octanol–water partition coefficient (Wildman–Crippen LogP) is 2.50. The zero-order valence-corrected chi connectivity index (χ0v) is 11.1. The molecule has 0 amide bonds. The molecule has 0 saturated heterocycles. The second-order valence-electron chi connectivity index (χ2n) is 4.76. The van der Waals surface area contributed by atoms with E-state index >= 15 is 0 Å². The number of nitrogens with one attached hydrogen (secondary N) is 1. The van der Waals surface area contributed by atoms with Gasteiger partial charge in [-0.25, -0.2) is 4.98 Å². The molecule has 0 radical (unpaired) electrons. The Morgan fingerprint density at radius 3 is 2.74 bits per heavy atom. The van der Waals surface area contributed by atoms with Gasteiger partial charge in [-0.05, 0) is 24.2 Å². The van der Waals surface area contributed by atoms with Crippen LogP contribution in [0, 0.1) is 15.5 Å². The highest BCUT2D eigenvalue weighted by Crippen LogP contribution is 2.37. The number of aliphatic carboxylic acids is 1. The van der Waals surface area contributed by atoms with Crippen molar-refractivity contribution in [1.29, 1.82) is 0 Å². The highest BCUT2D eigenvalue weighted by atomic mass is 32.1. The maximum Gasteiger partial charge on any atom is 0.345 e. The van der Waals surface area contributed by atoms with Crippen molar-refractivity contribution in [1.82, 2.24) is 4.98 Å². The number of nitro groups is 1. The number of hydrogen-bond acceptors (Lipinski definition) is 6. The maximum atomic E-state index is 11.4. The van der Waals surface area contributed by atoms with E-state index < -0.39 is 16.3 Å². The van der Waals surface area contributed by atoms with Crippen molar-refractivity contribution in [3.63, 3.8) is 0 Å². The molecule has 0 bridgehead atoms. The third kappa shape index (κ3) is 3.01. The topological polar surface area (TPSA) is 105 Å². The number of carboxylic acid groups (broad SMARTS) is 1. The van der Waals surface area contributed by atoms with Gasteiger partial charge >= 0.3 is 11.0 Å². The van der Waals surface area contributed by atoms with E-state index in [1.54, 1.807) is 0 Å². The fourth-order valence-electron chi connectivity index (χ4n) is 2.37. The van der Waals surface area contributed by atoms with Gasteiger partial charge in [-0.15, -0.1) is 0 Å². The van der Waals surface area contributed by atoms with Crippen LogP contribution in [0.1, 0.15) is 32.1 Å². The summed E-state index contributed by atoms with van der Waals surface area (Å²) in [6.07, 6.45) is 5.35. The zero-order valence-electron chi connectivity index (χ0n) is 10.3. The molecule has 2 rings (SSSR count). The molecule has 19 heavy (non-hydrogen) atoms. The van der Waals surface area contributed by atoms with Crippen LogP contribution in [0.2, 0.25) is 0 Å². The second-order valence-corrected chi connectivity index (χ2v) is 5.77. The molecule has 0 aliphatic heterocycles. The Hall–Kier alpha value is -1.70. The number of anilines is 1. The van der Waals surface area contributed by atoms with Gasteiger partial charge in [0.1, 0.15) is 6.20 Å². The largest absolute Gasteiger partial charge is 0.481 e. The summed E-state index contributed by atoms with van der Waals surface area (Å²) in [6, 6.07) is 0. The lowest BCUT2D eigenvalue weighted by Crippen LogP contribution is -2.39. The van der Waals surface area contributed by atoms with E-state index in [0.717, 1.165) is 30.6 Å². The summed E-state index contributed by atoms with van der Waals surface area (Å²) in [5.41, 5.74) is -0.765. The van der Waals surface area contributed by atoms with Crippen molar-refractivity contribution in [2.45, 2.75) is 32.1 Å². The fourth-order valence-corrected chi connectivity index (χ4v) is 3.00. The minimum Gasteiger partial charge on any atom is -0.481 e. The van der Waals surface area contributed by atoms with Crippen molar-refractivity contribution < 1.29 is 14.8 Å². The summed E-state index contributed by atoms with van der Waals surface area (Å²) in [6.45, 7) is 0.271. The summed E-state index contributed by atoms with van der Waals surface area (Å²) >= 11 is 0.926. The predicted molar refractivity (Wildman–Crippen MR) is 70.4 cm³/mol. The smallest absolute Gasteiger partial charge is 0.345 e. The summed E-state index contributed by atoms with van der Waals surface area (Å²) < 4.78 is 0. The van der Waals surface area contributed by atoms with Crippen molar-refractivity contribution >= 4 is 27.4 Å². The molecule has 104 valence electrons. The van der Waals surface area contributed by atoms with Gasteiger partial charge in [0.2, 0.25) is 0 Å². The molecule has 0 unspecified atom stereocenters. The highest BCUT2D eigenvalue weighted by Gasteiger charge is 2.39. The normalized spacial score (nSPS) is 17.9. The van der Waals surface area contributed by atoms with Gasteiger partial charge in [0.05, 0.1) is 10.3 Å². The number of carboxylic acids is 1. The van der Waals surface area contributed by atoms with E-state index in [4.69, 9.17) is 0 Å². The fraction of sp³-hybridized carbons (Fsp3) is 0.636. The molecule has 8 heteroatoms. The molecule has 1 heterocycles. The van der Waals surface area contributed by atoms with Crippen LogP contribution in [-0.4, -0.2) is 27.5 Å². The summed E-state index contributed by atoms with van der Waals surface area (Å²) in [4.78, 5) is 25.4. The van der Waals surface area contributed by atoms with Crippen LogP contribution in [-0.2, 0) is 4.79 Å². The van der Waals surface area contributed by atoms with Crippen LogP contribution in [0.3, 0.4) is 0 Å². The number of rotatable bonds is 5. The SMILES string of the molecule is O=C(O)C1(CNc2ncc([N+](=O)[O-])s2)CCCCC1. The number of nitrogens with zero attached hydrogens (tertiary/aromatic N) is 2. The molecule has 0 spiro atoms. The summed E-state index contributed by atoms with van der Waals surface area (Å²) in [7, 11) is 0. The molecule has 1 fully saturated rings. The average Bonchev–Trinajstić information content (AvgIpc) is 2.86. The molecule has 2 N–H and O–H groups in total. The zero-order chi connectivity index (χ0) is 13.9. The van der Waals surface area contributed by atoms with Gasteiger partial charge in [-0.1, -0.05) is 19.3 Å². The summed E-state index contributed by atoms with van der Waals surface area (Å²) in [5, 5.41) is 23.2. The molecule has 0 aromatic carbocycles. The van der Waals surface area contributed by atoms with Gasteiger partial charge in [0.15, 0.2) is 5.13 Å². The van der Waals surface area contributed by atoms with Crippen LogP contribution in [0.5, 0.6) is 0 Å². The quantitative estimate of drug-likeness (QED) is 0.636. The van der Waals surface area contributed by atoms with Crippen LogP contribution in [0.15, 0.2) is 6.20 Å². The minimum atomic E-state index is -0.800. The van der Waals surface area contributed by atoms with Crippen molar-refractivity contribution in [2.24, 2.45) is 5.41 Å². The van der Waals surface area contributed by atoms with E-state index in [9.17, 15) is 20.0 Å². The van der Waals surface area contributed by atoms with Crippen LogP contribution < -0.4 is 5.32 Å². The Balaban J connectivity index is 2.02. The Morgan fingerprint density at radius 1 is 1.53 bits per heavy atom. The third-order valence-electron chi connectivity index (χ3n) is 3.52. The van der Waals surface area contributed by atoms with Gasteiger partial charge in [0, 0.05) is 6.54 Å². The first kappa shape index (κ1) is 13.7. The number of hydrogen-bond donors (Lipinski definition) is 2. The first-order valence-electron chi connectivity index (χ1n) is 6.11. The molecule has 1 aliphatic carbocycles. The minimum absolute atomic E-state index is 0.0458. The van der Waals surface area contributed by atoms with Gasteiger partial charge in [0.25, 0.3) is 0 Å². The maximum absolute atomic E-state index is 11.4. The molecule has 1 aromatic heterocycles. The third-order valence-corrected chi connectivity index (χ3v) is 4.42. The number of aromatic nitrogens is 1. The number of carbonyl (C=O) groups is 1. The Morgan fingerprint density at radius 2 is 2.21 bits per heavy atom. The van der Waals surface area contributed by atoms with E-state index in [1.165, 1.54) is 6.20 Å². The van der Waals surface area contributed by atoms with E-state index in [2.05, 4.69) is 10.3 Å². The Kier molecular flexibility index (Phi) is 3.98. The Labute approximate surface area is 113 Å².